The average Bonchev–Trinajstić information content (AvgIpc) is 2.97. The summed E-state index contributed by atoms with van der Waals surface area (Å²) in [5.74, 6) is -0.0972. The summed E-state index contributed by atoms with van der Waals surface area (Å²) in [5.41, 5.74) is 1.78. The third kappa shape index (κ3) is 2.54. The molecule has 0 saturated carbocycles. The standard InChI is InChI=1S/C16H23FN2/c1-11-5-6-13(10-14(11)17)12(2)18-15-7-9-19-8-3-4-16(15)19/h5-6,10,12,15-16,18H,3-4,7-9H2,1-2H3. The quantitative estimate of drug-likeness (QED) is 0.901. The average molecular weight is 262 g/mol. The maximum absolute atomic E-state index is 13.6. The highest BCUT2D eigenvalue weighted by Gasteiger charge is 2.37. The Bertz CT molecular complexity index is 460. The lowest BCUT2D eigenvalue weighted by molar-refractivity contribution is 0.291. The van der Waals surface area contributed by atoms with Crippen LogP contribution in [-0.4, -0.2) is 30.1 Å². The Kier molecular flexibility index (Phi) is 3.59. The van der Waals surface area contributed by atoms with Crippen molar-refractivity contribution >= 4 is 0 Å². The molecule has 19 heavy (non-hydrogen) atoms. The van der Waals surface area contributed by atoms with Crippen LogP contribution in [0.1, 0.15) is 43.4 Å². The topological polar surface area (TPSA) is 15.3 Å². The molecule has 3 rings (SSSR count). The molecule has 0 spiro atoms. The molecular weight excluding hydrogens is 239 g/mol. The second-order valence-electron chi connectivity index (χ2n) is 6.04. The monoisotopic (exact) mass is 262 g/mol. The Morgan fingerprint density at radius 3 is 2.95 bits per heavy atom. The van der Waals surface area contributed by atoms with Gasteiger partial charge in [0.05, 0.1) is 0 Å². The zero-order chi connectivity index (χ0) is 13.4. The van der Waals surface area contributed by atoms with E-state index in [1.54, 1.807) is 6.07 Å². The van der Waals surface area contributed by atoms with Crippen LogP contribution < -0.4 is 5.32 Å². The van der Waals surface area contributed by atoms with Gasteiger partial charge in [0.15, 0.2) is 0 Å². The van der Waals surface area contributed by atoms with Gasteiger partial charge in [0, 0.05) is 24.7 Å². The van der Waals surface area contributed by atoms with E-state index in [0.717, 1.165) is 11.1 Å². The van der Waals surface area contributed by atoms with Gasteiger partial charge >= 0.3 is 0 Å². The highest BCUT2D eigenvalue weighted by atomic mass is 19.1. The minimum absolute atomic E-state index is 0.0972. The zero-order valence-corrected chi connectivity index (χ0v) is 11.8. The highest BCUT2D eigenvalue weighted by Crippen LogP contribution is 2.29. The molecule has 2 aliphatic heterocycles. The maximum Gasteiger partial charge on any atom is 0.126 e. The molecule has 1 N–H and O–H groups in total. The van der Waals surface area contributed by atoms with E-state index in [1.165, 1.54) is 32.4 Å². The van der Waals surface area contributed by atoms with Gasteiger partial charge in [-0.1, -0.05) is 12.1 Å². The minimum atomic E-state index is -0.0972. The van der Waals surface area contributed by atoms with E-state index in [-0.39, 0.29) is 11.9 Å². The van der Waals surface area contributed by atoms with Crippen LogP contribution in [0.2, 0.25) is 0 Å². The van der Waals surface area contributed by atoms with Gasteiger partial charge in [0.25, 0.3) is 0 Å². The lowest BCUT2D eigenvalue weighted by Crippen LogP contribution is -2.40. The fourth-order valence-electron chi connectivity index (χ4n) is 3.57. The molecule has 0 amide bonds. The van der Waals surface area contributed by atoms with Gasteiger partial charge in [-0.15, -0.1) is 0 Å². The van der Waals surface area contributed by atoms with Crippen LogP contribution in [0.3, 0.4) is 0 Å². The Hall–Kier alpha value is -0.930. The second kappa shape index (κ2) is 5.22. The van der Waals surface area contributed by atoms with Gasteiger partial charge in [-0.2, -0.15) is 0 Å². The van der Waals surface area contributed by atoms with Crippen LogP contribution in [0.25, 0.3) is 0 Å². The summed E-state index contributed by atoms with van der Waals surface area (Å²) < 4.78 is 13.6. The summed E-state index contributed by atoms with van der Waals surface area (Å²) in [6, 6.07) is 7.09. The third-order valence-electron chi connectivity index (χ3n) is 4.77. The molecule has 2 fully saturated rings. The molecule has 1 aromatic carbocycles. The largest absolute Gasteiger partial charge is 0.306 e. The molecule has 0 aromatic heterocycles. The van der Waals surface area contributed by atoms with Crippen molar-refractivity contribution in [3.05, 3.63) is 35.1 Å². The highest BCUT2D eigenvalue weighted by molar-refractivity contribution is 5.25. The summed E-state index contributed by atoms with van der Waals surface area (Å²) in [4.78, 5) is 2.60. The van der Waals surface area contributed by atoms with Crippen LogP contribution in [0, 0.1) is 12.7 Å². The number of benzene rings is 1. The molecule has 3 atom stereocenters. The van der Waals surface area contributed by atoms with Crippen molar-refractivity contribution in [3.8, 4) is 0 Å². The molecule has 0 aliphatic carbocycles. The first-order valence-corrected chi connectivity index (χ1v) is 7.41. The molecule has 2 heterocycles. The predicted molar refractivity (Wildman–Crippen MR) is 75.7 cm³/mol. The molecule has 2 nitrogen and oxygen atoms in total. The van der Waals surface area contributed by atoms with E-state index in [1.807, 2.05) is 19.1 Å². The number of nitrogens with one attached hydrogen (secondary N) is 1. The van der Waals surface area contributed by atoms with E-state index in [0.29, 0.717) is 12.1 Å². The molecule has 0 radical (unpaired) electrons. The summed E-state index contributed by atoms with van der Waals surface area (Å²) >= 11 is 0. The van der Waals surface area contributed by atoms with Gasteiger partial charge in [-0.25, -0.2) is 4.39 Å². The Morgan fingerprint density at radius 1 is 1.32 bits per heavy atom. The Morgan fingerprint density at radius 2 is 2.16 bits per heavy atom. The lowest BCUT2D eigenvalue weighted by Gasteiger charge is -2.25. The van der Waals surface area contributed by atoms with E-state index < -0.39 is 0 Å². The normalized spacial score (nSPS) is 28.6. The number of aryl methyl sites for hydroxylation is 1. The fraction of sp³-hybridized carbons (Fsp3) is 0.625. The molecule has 3 heteroatoms. The van der Waals surface area contributed by atoms with Crippen LogP contribution in [0.5, 0.6) is 0 Å². The minimum Gasteiger partial charge on any atom is -0.306 e. The third-order valence-corrected chi connectivity index (χ3v) is 4.77. The summed E-state index contributed by atoms with van der Waals surface area (Å²) in [7, 11) is 0. The van der Waals surface area contributed by atoms with Crippen molar-refractivity contribution in [2.24, 2.45) is 0 Å². The number of hydrogen-bond donors (Lipinski definition) is 1. The van der Waals surface area contributed by atoms with E-state index in [9.17, 15) is 4.39 Å². The van der Waals surface area contributed by atoms with E-state index in [4.69, 9.17) is 0 Å². The predicted octanol–water partition coefficient (Wildman–Crippen LogP) is 3.02. The number of halogens is 1. The number of fused-ring (bicyclic) bond motifs is 1. The van der Waals surface area contributed by atoms with Crippen molar-refractivity contribution in [2.45, 2.75) is 51.2 Å². The van der Waals surface area contributed by atoms with Gasteiger partial charge in [0.1, 0.15) is 5.82 Å². The van der Waals surface area contributed by atoms with E-state index >= 15 is 0 Å². The second-order valence-corrected chi connectivity index (χ2v) is 6.04. The van der Waals surface area contributed by atoms with E-state index in [2.05, 4.69) is 17.1 Å². The summed E-state index contributed by atoms with van der Waals surface area (Å²) in [5, 5.41) is 3.70. The number of rotatable bonds is 3. The molecule has 1 aromatic rings. The van der Waals surface area contributed by atoms with Crippen LogP contribution in [0.4, 0.5) is 4.39 Å². The van der Waals surface area contributed by atoms with Gasteiger partial charge in [0.2, 0.25) is 0 Å². The van der Waals surface area contributed by atoms with Crippen molar-refractivity contribution in [1.29, 1.82) is 0 Å². The Balaban J connectivity index is 1.67. The van der Waals surface area contributed by atoms with Crippen LogP contribution >= 0.6 is 0 Å². The maximum atomic E-state index is 13.6. The number of hydrogen-bond acceptors (Lipinski definition) is 2. The molecule has 0 bridgehead atoms. The van der Waals surface area contributed by atoms with Crippen molar-refractivity contribution in [3.63, 3.8) is 0 Å². The fourth-order valence-corrected chi connectivity index (χ4v) is 3.57. The first-order valence-electron chi connectivity index (χ1n) is 7.41. The molecule has 2 aliphatic rings. The summed E-state index contributed by atoms with van der Waals surface area (Å²) in [6.07, 6.45) is 3.87. The van der Waals surface area contributed by atoms with Gasteiger partial charge in [-0.05, 0) is 56.8 Å². The van der Waals surface area contributed by atoms with Crippen molar-refractivity contribution < 1.29 is 4.39 Å². The van der Waals surface area contributed by atoms with Gasteiger partial charge in [-0.3, -0.25) is 4.90 Å². The Labute approximate surface area is 115 Å². The van der Waals surface area contributed by atoms with Gasteiger partial charge < -0.3 is 5.32 Å². The number of nitrogens with zero attached hydrogens (tertiary/aromatic N) is 1. The van der Waals surface area contributed by atoms with Crippen molar-refractivity contribution in [1.82, 2.24) is 10.2 Å². The molecule has 3 unspecified atom stereocenters. The van der Waals surface area contributed by atoms with Crippen LogP contribution in [0.15, 0.2) is 18.2 Å². The summed E-state index contributed by atoms with van der Waals surface area (Å²) in [6.45, 7) is 6.43. The SMILES string of the molecule is Cc1ccc(C(C)NC2CCN3CCCC23)cc1F. The first kappa shape index (κ1) is 13.1. The molecule has 104 valence electrons. The zero-order valence-electron chi connectivity index (χ0n) is 11.8. The molecule has 2 saturated heterocycles. The first-order chi connectivity index (χ1) is 9.15. The lowest BCUT2D eigenvalue weighted by atomic mass is 10.0. The smallest absolute Gasteiger partial charge is 0.126 e. The molecular formula is C16H23FN2. The van der Waals surface area contributed by atoms with Crippen LogP contribution in [-0.2, 0) is 0 Å². The van der Waals surface area contributed by atoms with Crippen molar-refractivity contribution in [2.75, 3.05) is 13.1 Å².